The maximum atomic E-state index is 12.7. The van der Waals surface area contributed by atoms with Gasteiger partial charge < -0.3 is 13.8 Å². The molecule has 122 valence electrons. The van der Waals surface area contributed by atoms with Crippen molar-refractivity contribution in [2.75, 3.05) is 19.8 Å². The van der Waals surface area contributed by atoms with E-state index in [4.69, 9.17) is 13.8 Å². The van der Waals surface area contributed by atoms with Gasteiger partial charge in [0.25, 0.3) is 0 Å². The van der Waals surface area contributed by atoms with Crippen molar-refractivity contribution >= 4 is 19.0 Å². The van der Waals surface area contributed by atoms with Crippen LogP contribution in [-0.2, 0) is 23.1 Å². The Kier molecular flexibility index (Phi) is 10.2. The van der Waals surface area contributed by atoms with E-state index >= 15 is 0 Å². The van der Waals surface area contributed by atoms with Crippen molar-refractivity contribution in [2.24, 2.45) is 4.99 Å². The van der Waals surface area contributed by atoms with Gasteiger partial charge >= 0.3 is 13.6 Å². The zero-order chi connectivity index (χ0) is 16.3. The number of aliphatic imine (C=N–C) groups is 1. The number of nitrogens with zero attached hydrogens (tertiary/aromatic N) is 1. The molecule has 0 saturated heterocycles. The first-order valence-corrected chi connectivity index (χ1v) is 8.85. The summed E-state index contributed by atoms with van der Waals surface area (Å²) >= 11 is 0. The normalized spacial score (nSPS) is 12.1. The topological polar surface area (TPSA) is 74.2 Å². The van der Waals surface area contributed by atoms with Gasteiger partial charge in [-0.2, -0.15) is 0 Å². The number of allylic oxidation sites excluding steroid dienone is 1. The lowest BCUT2D eigenvalue weighted by Gasteiger charge is -2.17. The second kappa shape index (κ2) is 10.7. The molecule has 0 aliphatic rings. The van der Waals surface area contributed by atoms with Crippen LogP contribution in [0.1, 0.15) is 47.5 Å². The fourth-order valence-corrected chi connectivity index (χ4v) is 3.00. The Morgan fingerprint density at radius 2 is 1.52 bits per heavy atom. The Labute approximate surface area is 127 Å². The lowest BCUT2D eigenvalue weighted by atomic mass is 10.2. The standard InChI is InChI=1S/C14H26NO5P/c1-6-12(7-2)11-15-13(14(16)18-8-3)21(17,19-9-4)20-10-5/h11H,6-10H2,1-5H3. The van der Waals surface area contributed by atoms with Crippen LogP contribution in [0.2, 0.25) is 0 Å². The molecule has 0 spiro atoms. The van der Waals surface area contributed by atoms with E-state index in [9.17, 15) is 9.36 Å². The summed E-state index contributed by atoms with van der Waals surface area (Å²) in [6.45, 7) is 9.44. The highest BCUT2D eigenvalue weighted by atomic mass is 31.2. The molecule has 6 nitrogen and oxygen atoms in total. The molecule has 0 N–H and O–H groups in total. The maximum Gasteiger partial charge on any atom is 0.387 e. The highest BCUT2D eigenvalue weighted by Crippen LogP contribution is 2.50. The molecule has 0 saturated carbocycles. The van der Waals surface area contributed by atoms with Gasteiger partial charge in [0, 0.05) is 6.20 Å². The number of carbonyl (C=O) groups excluding carboxylic acids is 1. The predicted molar refractivity (Wildman–Crippen MR) is 83.6 cm³/mol. The first kappa shape index (κ1) is 20.0. The van der Waals surface area contributed by atoms with Crippen molar-refractivity contribution in [1.82, 2.24) is 0 Å². The van der Waals surface area contributed by atoms with Gasteiger partial charge in [0.2, 0.25) is 5.45 Å². The summed E-state index contributed by atoms with van der Waals surface area (Å²) in [6, 6.07) is 0. The fraction of sp³-hybridized carbons (Fsp3) is 0.714. The Balaban J connectivity index is 5.68. The highest BCUT2D eigenvalue weighted by Gasteiger charge is 2.38. The molecule has 0 amide bonds. The SMILES string of the molecule is CCOC(=O)C(=NC=C(CC)CC)P(=O)(OCC)OCC. The molecule has 0 aromatic rings. The summed E-state index contributed by atoms with van der Waals surface area (Å²) in [7, 11) is -3.76. The molecule has 0 fully saturated rings. The van der Waals surface area contributed by atoms with E-state index in [0.29, 0.717) is 0 Å². The minimum Gasteiger partial charge on any atom is -0.461 e. The van der Waals surface area contributed by atoms with Crippen LogP contribution in [0.15, 0.2) is 16.8 Å². The largest absolute Gasteiger partial charge is 0.461 e. The van der Waals surface area contributed by atoms with Crippen LogP contribution in [0.25, 0.3) is 0 Å². The molecule has 0 radical (unpaired) electrons. The van der Waals surface area contributed by atoms with Gasteiger partial charge in [-0.25, -0.2) is 9.79 Å². The molecule has 0 heterocycles. The Morgan fingerprint density at radius 3 is 1.90 bits per heavy atom. The zero-order valence-electron chi connectivity index (χ0n) is 13.5. The van der Waals surface area contributed by atoms with Crippen LogP contribution in [0.4, 0.5) is 0 Å². The number of hydrogen-bond acceptors (Lipinski definition) is 6. The van der Waals surface area contributed by atoms with Crippen LogP contribution < -0.4 is 0 Å². The molecule has 21 heavy (non-hydrogen) atoms. The van der Waals surface area contributed by atoms with Gasteiger partial charge in [-0.05, 0) is 33.6 Å². The number of esters is 1. The van der Waals surface area contributed by atoms with Gasteiger partial charge in [0.15, 0.2) is 0 Å². The monoisotopic (exact) mass is 319 g/mol. The summed E-state index contributed by atoms with van der Waals surface area (Å²) in [5.74, 6) is -0.773. The number of ether oxygens (including phenoxy) is 1. The van der Waals surface area contributed by atoms with E-state index in [1.165, 1.54) is 6.20 Å². The second-order valence-electron chi connectivity index (χ2n) is 4.00. The number of rotatable bonds is 10. The van der Waals surface area contributed by atoms with Crippen molar-refractivity contribution in [2.45, 2.75) is 47.5 Å². The van der Waals surface area contributed by atoms with Crippen molar-refractivity contribution in [3.05, 3.63) is 11.8 Å². The minimum absolute atomic E-state index is 0.147. The second-order valence-corrected chi connectivity index (χ2v) is 5.94. The summed E-state index contributed by atoms with van der Waals surface area (Å²) < 4.78 is 28.0. The van der Waals surface area contributed by atoms with E-state index in [2.05, 4.69) is 4.99 Å². The van der Waals surface area contributed by atoms with E-state index < -0.39 is 13.6 Å². The van der Waals surface area contributed by atoms with Crippen molar-refractivity contribution in [1.29, 1.82) is 0 Å². The van der Waals surface area contributed by atoms with E-state index in [1.807, 2.05) is 13.8 Å². The third kappa shape index (κ3) is 6.55. The molecular weight excluding hydrogens is 293 g/mol. The first-order chi connectivity index (χ1) is 9.98. The molecular formula is C14H26NO5P. The van der Waals surface area contributed by atoms with Crippen molar-refractivity contribution in [3.63, 3.8) is 0 Å². The van der Waals surface area contributed by atoms with Crippen LogP contribution in [0.3, 0.4) is 0 Å². The lowest BCUT2D eigenvalue weighted by Crippen LogP contribution is -2.20. The average molecular weight is 319 g/mol. The molecule has 0 unspecified atom stereocenters. The number of hydrogen-bond donors (Lipinski definition) is 0. The van der Waals surface area contributed by atoms with Gasteiger partial charge in [-0.15, -0.1) is 0 Å². The molecule has 7 heteroatoms. The lowest BCUT2D eigenvalue weighted by molar-refractivity contribution is -0.134. The quantitative estimate of drug-likeness (QED) is 0.346. The van der Waals surface area contributed by atoms with E-state index in [-0.39, 0.29) is 25.3 Å². The summed E-state index contributed by atoms with van der Waals surface area (Å²) in [5, 5.41) is 0. The third-order valence-electron chi connectivity index (χ3n) is 2.59. The molecule has 0 atom stereocenters. The molecule has 0 aromatic carbocycles. The minimum atomic E-state index is -3.76. The van der Waals surface area contributed by atoms with Crippen LogP contribution >= 0.6 is 7.60 Å². The maximum absolute atomic E-state index is 12.7. The van der Waals surface area contributed by atoms with Crippen LogP contribution in [0, 0.1) is 0 Å². The molecule has 0 rings (SSSR count). The van der Waals surface area contributed by atoms with Crippen molar-refractivity contribution < 1.29 is 23.1 Å². The zero-order valence-corrected chi connectivity index (χ0v) is 14.4. The van der Waals surface area contributed by atoms with Crippen molar-refractivity contribution in [3.8, 4) is 0 Å². The summed E-state index contributed by atoms with van der Waals surface area (Å²) in [4.78, 5) is 16.1. The van der Waals surface area contributed by atoms with E-state index in [0.717, 1.165) is 18.4 Å². The Bertz CT molecular complexity index is 415. The summed E-state index contributed by atoms with van der Waals surface area (Å²) in [5.41, 5.74) is 0.726. The van der Waals surface area contributed by atoms with Gasteiger partial charge in [0.05, 0.1) is 19.8 Å². The fourth-order valence-electron chi connectivity index (χ4n) is 1.52. The third-order valence-corrected chi connectivity index (χ3v) is 4.61. The predicted octanol–water partition coefficient (Wildman–Crippen LogP) is 3.92. The molecule has 0 aliphatic heterocycles. The van der Waals surface area contributed by atoms with Gasteiger partial charge in [0.1, 0.15) is 0 Å². The Hall–Kier alpha value is -0.970. The van der Waals surface area contributed by atoms with Crippen LogP contribution in [-0.4, -0.2) is 31.2 Å². The molecule has 0 aliphatic carbocycles. The summed E-state index contributed by atoms with van der Waals surface area (Å²) in [6.07, 6.45) is 3.13. The van der Waals surface area contributed by atoms with Gasteiger partial charge in [-0.3, -0.25) is 4.57 Å². The first-order valence-electron chi connectivity index (χ1n) is 7.31. The molecule has 0 bridgehead atoms. The Morgan fingerprint density at radius 1 is 1.00 bits per heavy atom. The van der Waals surface area contributed by atoms with E-state index in [1.54, 1.807) is 20.8 Å². The molecule has 0 aromatic heterocycles. The van der Waals surface area contributed by atoms with Gasteiger partial charge in [-0.1, -0.05) is 19.4 Å². The number of carbonyl (C=O) groups is 1. The average Bonchev–Trinajstić information content (AvgIpc) is 2.44. The smallest absolute Gasteiger partial charge is 0.387 e. The van der Waals surface area contributed by atoms with Crippen LogP contribution in [0.5, 0.6) is 0 Å². The highest BCUT2D eigenvalue weighted by molar-refractivity contribution is 7.75.